The van der Waals surface area contributed by atoms with Gasteiger partial charge in [0.15, 0.2) is 0 Å². The van der Waals surface area contributed by atoms with Gasteiger partial charge in [0.2, 0.25) is 0 Å². The molecule has 0 radical (unpaired) electrons. The second kappa shape index (κ2) is 5.33. The first-order chi connectivity index (χ1) is 12.0. The maximum Gasteiger partial charge on any atom is 0.124 e. The lowest BCUT2D eigenvalue weighted by atomic mass is 9.45. The quantitative estimate of drug-likeness (QED) is 0.732. The molecule has 0 aromatic heterocycles. The summed E-state index contributed by atoms with van der Waals surface area (Å²) in [5, 5.41) is 12.6. The summed E-state index contributed by atoms with van der Waals surface area (Å²) in [6.07, 6.45) is 10.4. The van der Waals surface area contributed by atoms with Gasteiger partial charge < -0.3 is 5.11 Å². The van der Waals surface area contributed by atoms with Gasteiger partial charge in [0.1, 0.15) is 5.75 Å². The third kappa shape index (κ3) is 2.58. The van der Waals surface area contributed by atoms with Crippen molar-refractivity contribution in [2.24, 2.45) is 27.7 Å². The highest BCUT2D eigenvalue weighted by molar-refractivity contribution is 6.02. The van der Waals surface area contributed by atoms with Crippen molar-refractivity contribution in [1.29, 1.82) is 0 Å². The van der Waals surface area contributed by atoms with Crippen molar-refractivity contribution in [2.45, 2.75) is 45.4 Å². The van der Waals surface area contributed by atoms with E-state index < -0.39 is 0 Å². The van der Waals surface area contributed by atoms with Gasteiger partial charge in [-0.05, 0) is 78.0 Å². The van der Waals surface area contributed by atoms with E-state index in [0.717, 1.165) is 34.7 Å². The highest BCUT2D eigenvalue weighted by Gasteiger charge is 2.55. The van der Waals surface area contributed by atoms with E-state index in [-0.39, 0.29) is 0 Å². The van der Waals surface area contributed by atoms with E-state index in [0.29, 0.717) is 16.6 Å². The van der Waals surface area contributed by atoms with E-state index in [4.69, 9.17) is 4.99 Å². The van der Waals surface area contributed by atoms with Crippen LogP contribution in [-0.4, -0.2) is 17.9 Å². The number of rotatable bonds is 3. The molecule has 4 aliphatic rings. The van der Waals surface area contributed by atoms with Gasteiger partial charge in [0.25, 0.3) is 0 Å². The smallest absolute Gasteiger partial charge is 0.124 e. The summed E-state index contributed by atoms with van der Waals surface area (Å²) >= 11 is 0. The molecule has 2 atom stereocenters. The Kier molecular flexibility index (Phi) is 3.29. The molecule has 0 saturated heterocycles. The van der Waals surface area contributed by atoms with Crippen LogP contribution in [0.1, 0.15) is 51.0 Å². The zero-order valence-corrected chi connectivity index (χ0v) is 15.0. The molecule has 0 aliphatic heterocycles. The van der Waals surface area contributed by atoms with Crippen LogP contribution in [0, 0.1) is 22.7 Å². The molecule has 1 N–H and O–H groups in total. The van der Waals surface area contributed by atoms with Crippen molar-refractivity contribution in [1.82, 2.24) is 0 Å². The average molecular weight is 333 g/mol. The molecule has 2 heteroatoms. The fraction of sp³-hybridized carbons (Fsp3) is 0.522. The number of phenolic OH excluding ortho intramolecular Hbond substituents is 1. The van der Waals surface area contributed by atoms with Crippen LogP contribution in [0.3, 0.4) is 0 Å². The fourth-order valence-electron chi connectivity index (χ4n) is 6.86. The molecule has 0 unspecified atom stereocenters. The number of fused-ring (bicyclic) bond motifs is 1. The standard InChI is InChI=1S/C23H27NO/c1-22-9-16-8-17(10-22)12-23(11-16,14-22)15-24-13-20-19-5-3-2-4-18(19)6-7-21(20)25/h2-7,13,16-17,25H,8-12,14-15H2,1H3/t16-,17-,22?,23?/m0/s1. The lowest BCUT2D eigenvalue weighted by Gasteiger charge is -2.61. The minimum absolute atomic E-state index is 0.333. The van der Waals surface area contributed by atoms with Gasteiger partial charge >= 0.3 is 0 Å². The van der Waals surface area contributed by atoms with Gasteiger partial charge in [-0.25, -0.2) is 0 Å². The summed E-state index contributed by atoms with van der Waals surface area (Å²) in [6.45, 7) is 3.44. The van der Waals surface area contributed by atoms with Crippen molar-refractivity contribution < 1.29 is 5.11 Å². The Hall–Kier alpha value is -1.83. The van der Waals surface area contributed by atoms with E-state index in [1.807, 2.05) is 24.4 Å². The van der Waals surface area contributed by atoms with E-state index in [2.05, 4.69) is 19.1 Å². The van der Waals surface area contributed by atoms with Crippen molar-refractivity contribution in [2.75, 3.05) is 6.54 Å². The Balaban J connectivity index is 1.43. The van der Waals surface area contributed by atoms with Crippen LogP contribution in [0.4, 0.5) is 0 Å². The van der Waals surface area contributed by atoms with Crippen molar-refractivity contribution in [3.63, 3.8) is 0 Å². The number of hydrogen-bond acceptors (Lipinski definition) is 2. The van der Waals surface area contributed by atoms with Crippen molar-refractivity contribution in [3.05, 3.63) is 42.0 Å². The van der Waals surface area contributed by atoms with Gasteiger partial charge in [0.05, 0.1) is 0 Å². The first-order valence-electron chi connectivity index (χ1n) is 9.75. The first kappa shape index (κ1) is 15.4. The Labute approximate surface area is 150 Å². The zero-order chi connectivity index (χ0) is 17.1. The lowest BCUT2D eigenvalue weighted by molar-refractivity contribution is -0.0961. The summed E-state index contributed by atoms with van der Waals surface area (Å²) in [5.74, 6) is 2.21. The van der Waals surface area contributed by atoms with Crippen LogP contribution in [0.15, 0.2) is 41.4 Å². The number of aliphatic imine (C=N–C) groups is 1. The monoisotopic (exact) mass is 333 g/mol. The summed E-state index contributed by atoms with van der Waals surface area (Å²) in [7, 11) is 0. The van der Waals surface area contributed by atoms with E-state index >= 15 is 0 Å². The molecule has 4 fully saturated rings. The minimum Gasteiger partial charge on any atom is -0.507 e. The summed E-state index contributed by atoms with van der Waals surface area (Å²) in [6, 6.07) is 12.0. The van der Waals surface area contributed by atoms with Crippen LogP contribution < -0.4 is 0 Å². The molecule has 130 valence electrons. The van der Waals surface area contributed by atoms with Crippen LogP contribution in [0.2, 0.25) is 0 Å². The summed E-state index contributed by atoms with van der Waals surface area (Å²) in [4.78, 5) is 4.89. The molecule has 2 aromatic carbocycles. The topological polar surface area (TPSA) is 32.6 Å². The molecule has 2 aromatic rings. The zero-order valence-electron chi connectivity index (χ0n) is 15.0. The Bertz CT molecular complexity index is 838. The molecule has 0 spiro atoms. The Morgan fingerprint density at radius 3 is 2.60 bits per heavy atom. The van der Waals surface area contributed by atoms with Crippen molar-refractivity contribution in [3.8, 4) is 5.75 Å². The lowest BCUT2D eigenvalue weighted by Crippen LogP contribution is -2.51. The van der Waals surface area contributed by atoms with Gasteiger partial charge in [-0.3, -0.25) is 4.99 Å². The molecule has 2 nitrogen and oxygen atoms in total. The number of aromatic hydroxyl groups is 1. The summed E-state index contributed by atoms with van der Waals surface area (Å²) < 4.78 is 0. The highest BCUT2D eigenvalue weighted by atomic mass is 16.3. The predicted octanol–water partition coefficient (Wildman–Crippen LogP) is 5.57. The molecule has 4 bridgehead atoms. The van der Waals surface area contributed by atoms with Crippen molar-refractivity contribution >= 4 is 17.0 Å². The molecular formula is C23H27NO. The van der Waals surface area contributed by atoms with E-state index in [1.165, 1.54) is 38.5 Å². The fourth-order valence-corrected chi connectivity index (χ4v) is 6.86. The van der Waals surface area contributed by atoms with E-state index in [1.54, 1.807) is 6.07 Å². The third-order valence-electron chi connectivity index (χ3n) is 7.07. The van der Waals surface area contributed by atoms with Gasteiger partial charge in [0, 0.05) is 18.3 Å². The number of benzene rings is 2. The highest BCUT2D eigenvalue weighted by Crippen LogP contribution is 2.65. The predicted molar refractivity (Wildman–Crippen MR) is 103 cm³/mol. The first-order valence-corrected chi connectivity index (χ1v) is 9.75. The maximum absolute atomic E-state index is 10.3. The normalized spacial score (nSPS) is 36.5. The number of nitrogens with zero attached hydrogens (tertiary/aromatic N) is 1. The average Bonchev–Trinajstić information content (AvgIpc) is 2.54. The Morgan fingerprint density at radius 2 is 1.84 bits per heavy atom. The third-order valence-corrected chi connectivity index (χ3v) is 7.07. The molecule has 4 aliphatic carbocycles. The van der Waals surface area contributed by atoms with E-state index in [9.17, 15) is 5.11 Å². The molecular weight excluding hydrogens is 306 g/mol. The van der Waals surface area contributed by atoms with Crippen LogP contribution in [-0.2, 0) is 0 Å². The Morgan fingerprint density at radius 1 is 1.08 bits per heavy atom. The molecule has 6 rings (SSSR count). The van der Waals surface area contributed by atoms with Crippen LogP contribution in [0.25, 0.3) is 10.8 Å². The minimum atomic E-state index is 0.333. The second-order valence-corrected chi connectivity index (χ2v) is 9.46. The maximum atomic E-state index is 10.3. The van der Waals surface area contributed by atoms with Crippen LogP contribution >= 0.6 is 0 Å². The van der Waals surface area contributed by atoms with Gasteiger partial charge in [-0.2, -0.15) is 0 Å². The largest absolute Gasteiger partial charge is 0.507 e. The summed E-state index contributed by atoms with van der Waals surface area (Å²) in [5.41, 5.74) is 1.87. The number of hydrogen-bond donors (Lipinski definition) is 1. The SMILES string of the molecule is CC12C[C@@H]3C[C@@H](C1)CC(CN=Cc1c(O)ccc4ccccc14)(C3)C2. The van der Waals surface area contributed by atoms with Crippen LogP contribution in [0.5, 0.6) is 5.75 Å². The van der Waals surface area contributed by atoms with Gasteiger partial charge in [-0.1, -0.05) is 37.3 Å². The second-order valence-electron chi connectivity index (χ2n) is 9.46. The molecule has 0 amide bonds. The van der Waals surface area contributed by atoms with Gasteiger partial charge in [-0.15, -0.1) is 0 Å². The molecule has 25 heavy (non-hydrogen) atoms. The number of phenols is 1. The molecule has 0 heterocycles. The molecule has 4 saturated carbocycles.